The molecule has 0 aliphatic heterocycles. The highest BCUT2D eigenvalue weighted by atomic mass is 28.2. The fraction of sp³-hybridized carbons (Fsp3) is 0. The van der Waals surface area contributed by atoms with Crippen molar-refractivity contribution >= 4 is 19.9 Å². The first-order chi connectivity index (χ1) is 17.3. The van der Waals surface area contributed by atoms with Gasteiger partial charge in [0.15, 0.2) is 0 Å². The van der Waals surface area contributed by atoms with Gasteiger partial charge < -0.3 is 8.83 Å². The first-order valence-corrected chi connectivity index (χ1v) is 12.3. The lowest BCUT2D eigenvalue weighted by Crippen LogP contribution is -2.26. The van der Waals surface area contributed by atoms with Gasteiger partial charge in [-0.1, -0.05) is 36.4 Å². The molecule has 0 amide bonds. The van der Waals surface area contributed by atoms with Crippen LogP contribution in [0.3, 0.4) is 0 Å². The van der Waals surface area contributed by atoms with Crippen LogP contribution in [0.5, 0.6) is 0 Å². The highest BCUT2D eigenvalue weighted by molar-refractivity contribution is 6.67. The molecule has 7 heteroatoms. The van der Waals surface area contributed by atoms with Gasteiger partial charge in [0.05, 0.1) is 10.4 Å². The summed E-state index contributed by atoms with van der Waals surface area (Å²) in [6.07, 6.45) is 0. The Morgan fingerprint density at radius 3 is 1.03 bits per heavy atom. The zero-order chi connectivity index (χ0) is 23.5. The Labute approximate surface area is 204 Å². The molecular weight excluding hydrogens is 452 g/mol. The minimum atomic E-state index is -0.0576. The van der Waals surface area contributed by atoms with E-state index in [4.69, 9.17) is 8.83 Å². The second-order valence-corrected chi connectivity index (χ2v) is 9.57. The van der Waals surface area contributed by atoms with Crippen LogP contribution in [0.15, 0.2) is 118 Å². The predicted octanol–water partition coefficient (Wildman–Crippen LogP) is 4.51. The van der Waals surface area contributed by atoms with Gasteiger partial charge in [-0.2, -0.15) is 0 Å². The van der Waals surface area contributed by atoms with Crippen LogP contribution in [0.25, 0.3) is 45.8 Å². The summed E-state index contributed by atoms with van der Waals surface area (Å²) in [5, 5.41) is 19.3. The summed E-state index contributed by atoms with van der Waals surface area (Å²) >= 11 is 0. The van der Waals surface area contributed by atoms with Gasteiger partial charge in [-0.25, -0.2) is 0 Å². The average Bonchev–Trinajstić information content (AvgIpc) is 3.62. The summed E-state index contributed by atoms with van der Waals surface area (Å²) in [6, 6.07) is 36.1. The monoisotopic (exact) mass is 471 g/mol. The van der Waals surface area contributed by atoms with Crippen molar-refractivity contribution < 1.29 is 8.83 Å². The number of hydrogen-bond donors (Lipinski definition) is 0. The molecule has 0 unspecified atom stereocenters. The molecule has 0 bridgehead atoms. The maximum atomic E-state index is 5.86. The standard InChI is InChI=1S/C28H19N4O2Si/c1-3-7-19(8-4-1)25-29-31-27(33-25)21-11-15-23(16-12-21)35-24-17-13-22(14-18-24)28-32-30-26(34-28)20-9-5-2-6-10-20/h1-18,35H/q+1. The normalized spacial score (nSPS) is 10.9. The molecule has 6 aromatic rings. The van der Waals surface area contributed by atoms with Gasteiger partial charge >= 0.3 is 9.52 Å². The Balaban J connectivity index is 1.14. The van der Waals surface area contributed by atoms with E-state index in [9.17, 15) is 0 Å². The molecule has 0 radical (unpaired) electrons. The summed E-state index contributed by atoms with van der Waals surface area (Å²) in [7, 11) is -0.0576. The highest BCUT2D eigenvalue weighted by Gasteiger charge is 2.16. The van der Waals surface area contributed by atoms with E-state index in [1.165, 1.54) is 10.4 Å². The third-order valence-electron chi connectivity index (χ3n) is 5.54. The number of benzene rings is 4. The highest BCUT2D eigenvalue weighted by Crippen LogP contribution is 2.24. The molecule has 6 rings (SSSR count). The molecular formula is C28H19N4O2Si+. The van der Waals surface area contributed by atoms with E-state index in [0.29, 0.717) is 23.6 Å². The second kappa shape index (κ2) is 9.32. The summed E-state index contributed by atoms with van der Waals surface area (Å²) < 4.78 is 11.7. The SMILES string of the molecule is c1ccc(-c2nnc(-c3ccc([SiH+]c4ccc(-c5nnc(-c6ccccc6)o5)cc4)cc3)o2)cc1. The topological polar surface area (TPSA) is 77.8 Å². The average molecular weight is 472 g/mol. The number of hydrogen-bond acceptors (Lipinski definition) is 6. The molecule has 2 aromatic heterocycles. The molecule has 0 fully saturated rings. The zero-order valence-electron chi connectivity index (χ0n) is 18.6. The third kappa shape index (κ3) is 4.57. The first-order valence-electron chi connectivity index (χ1n) is 11.2. The number of nitrogens with zero attached hydrogens (tertiary/aromatic N) is 4. The molecule has 0 aliphatic rings. The molecule has 0 saturated carbocycles. The lowest BCUT2D eigenvalue weighted by molar-refractivity contribution is 0.584. The Hall–Kier alpha value is -4.62. The molecule has 6 nitrogen and oxygen atoms in total. The van der Waals surface area contributed by atoms with Gasteiger partial charge in [-0.3, -0.25) is 0 Å². The summed E-state index contributed by atoms with van der Waals surface area (Å²) in [5.74, 6) is 2.08. The molecule has 0 spiro atoms. The molecule has 0 saturated heterocycles. The van der Waals surface area contributed by atoms with Crippen molar-refractivity contribution in [2.45, 2.75) is 0 Å². The molecule has 2 heterocycles. The van der Waals surface area contributed by atoms with E-state index in [1.54, 1.807) is 0 Å². The maximum Gasteiger partial charge on any atom is 0.375 e. The van der Waals surface area contributed by atoms with Crippen LogP contribution in [0.4, 0.5) is 0 Å². The van der Waals surface area contributed by atoms with Gasteiger partial charge in [0.2, 0.25) is 23.6 Å². The quantitative estimate of drug-likeness (QED) is 0.333. The van der Waals surface area contributed by atoms with Crippen LogP contribution < -0.4 is 10.4 Å². The fourth-order valence-electron chi connectivity index (χ4n) is 3.71. The van der Waals surface area contributed by atoms with Crippen molar-refractivity contribution in [2.75, 3.05) is 0 Å². The van der Waals surface area contributed by atoms with Crippen molar-refractivity contribution in [3.63, 3.8) is 0 Å². The molecule has 35 heavy (non-hydrogen) atoms. The molecule has 4 aromatic carbocycles. The van der Waals surface area contributed by atoms with Gasteiger partial charge in [0.1, 0.15) is 0 Å². The van der Waals surface area contributed by atoms with Gasteiger partial charge in [-0.15, -0.1) is 20.4 Å². The van der Waals surface area contributed by atoms with E-state index in [2.05, 4.69) is 44.7 Å². The number of aromatic nitrogens is 4. The van der Waals surface area contributed by atoms with E-state index in [1.807, 2.05) is 84.9 Å². The van der Waals surface area contributed by atoms with Crippen LogP contribution in [0.1, 0.15) is 0 Å². The van der Waals surface area contributed by atoms with Gasteiger partial charge in [0.25, 0.3) is 0 Å². The van der Waals surface area contributed by atoms with E-state index in [0.717, 1.165) is 22.3 Å². The van der Waals surface area contributed by atoms with Crippen molar-refractivity contribution in [3.8, 4) is 45.8 Å². The molecule has 0 atom stereocenters. The van der Waals surface area contributed by atoms with Gasteiger partial charge in [-0.05, 0) is 72.8 Å². The predicted molar refractivity (Wildman–Crippen MR) is 137 cm³/mol. The Kier molecular flexibility index (Phi) is 5.58. The van der Waals surface area contributed by atoms with Crippen LogP contribution in [0, 0.1) is 0 Å². The molecule has 166 valence electrons. The summed E-state index contributed by atoms with van der Waals surface area (Å²) in [5.41, 5.74) is 3.63. The maximum absolute atomic E-state index is 5.86. The van der Waals surface area contributed by atoms with Crippen LogP contribution in [0.2, 0.25) is 0 Å². The van der Waals surface area contributed by atoms with Gasteiger partial charge in [0, 0.05) is 22.3 Å². The lowest BCUT2D eigenvalue weighted by atomic mass is 10.2. The van der Waals surface area contributed by atoms with Crippen molar-refractivity contribution in [2.24, 2.45) is 0 Å². The second-order valence-electron chi connectivity index (χ2n) is 7.95. The fourth-order valence-corrected chi connectivity index (χ4v) is 4.87. The summed E-state index contributed by atoms with van der Waals surface area (Å²) in [4.78, 5) is 0. The minimum Gasteiger partial charge on any atom is -0.416 e. The number of rotatable bonds is 6. The van der Waals surface area contributed by atoms with E-state index >= 15 is 0 Å². The lowest BCUT2D eigenvalue weighted by Gasteiger charge is -1.97. The van der Waals surface area contributed by atoms with Crippen molar-refractivity contribution in [1.29, 1.82) is 0 Å². The molecule has 0 N–H and O–H groups in total. The van der Waals surface area contributed by atoms with Crippen LogP contribution in [-0.4, -0.2) is 29.9 Å². The summed E-state index contributed by atoms with van der Waals surface area (Å²) in [6.45, 7) is 0. The molecule has 0 aliphatic carbocycles. The van der Waals surface area contributed by atoms with E-state index < -0.39 is 0 Å². The Morgan fingerprint density at radius 1 is 0.371 bits per heavy atom. The van der Waals surface area contributed by atoms with E-state index in [-0.39, 0.29) is 9.52 Å². The van der Waals surface area contributed by atoms with Crippen molar-refractivity contribution in [3.05, 3.63) is 109 Å². The van der Waals surface area contributed by atoms with Crippen molar-refractivity contribution in [1.82, 2.24) is 20.4 Å². The smallest absolute Gasteiger partial charge is 0.375 e. The van der Waals surface area contributed by atoms with Crippen LogP contribution in [-0.2, 0) is 0 Å². The zero-order valence-corrected chi connectivity index (χ0v) is 19.7. The third-order valence-corrected chi connectivity index (χ3v) is 6.98. The Morgan fingerprint density at radius 2 is 0.686 bits per heavy atom. The largest absolute Gasteiger partial charge is 0.416 e. The minimum absolute atomic E-state index is 0.0576. The Bertz CT molecular complexity index is 1430. The first kappa shape index (κ1) is 20.9. The van der Waals surface area contributed by atoms with Crippen LogP contribution >= 0.6 is 0 Å².